The van der Waals surface area contributed by atoms with Gasteiger partial charge in [0.15, 0.2) is 0 Å². The van der Waals surface area contributed by atoms with E-state index in [4.69, 9.17) is 14.2 Å². The Hall–Kier alpha value is -3.17. The fourth-order valence-electron chi connectivity index (χ4n) is 6.45. The molecule has 9 nitrogen and oxygen atoms in total. The monoisotopic (exact) mass is 512 g/mol. The summed E-state index contributed by atoms with van der Waals surface area (Å²) in [6, 6.07) is 5.35. The van der Waals surface area contributed by atoms with Crippen LogP contribution in [0.5, 0.6) is 5.75 Å². The maximum Gasteiger partial charge on any atom is 0.313 e. The highest BCUT2D eigenvalue weighted by Crippen LogP contribution is 2.64. The number of nitrogens with zero attached hydrogens (tertiary/aromatic N) is 2. The van der Waals surface area contributed by atoms with Crippen molar-refractivity contribution >= 4 is 23.5 Å². The standard InChI is InChI=1S/C28H36N2O7/c1-6-15-29(19-9-11-20(35-5)12-10-19)25(33)23-28-14-13-27(8-3,37-28)22(26(34)36-16-7-2)21(28)24(32)30(23)18(4)17-31/h6-7,9-12,18,21-23,31H,1-2,8,13-17H2,3-5H3/t18-,21+,22-,23?,27+,28?/m1/s1. The highest BCUT2D eigenvalue weighted by atomic mass is 16.6. The molecule has 4 rings (SSSR count). The van der Waals surface area contributed by atoms with Crippen LogP contribution in [0.15, 0.2) is 49.6 Å². The van der Waals surface area contributed by atoms with Crippen molar-refractivity contribution in [2.45, 2.75) is 56.4 Å². The first-order valence-corrected chi connectivity index (χ1v) is 12.7. The zero-order valence-electron chi connectivity index (χ0n) is 21.7. The Morgan fingerprint density at radius 3 is 2.54 bits per heavy atom. The Bertz CT molecular complexity index is 1070. The van der Waals surface area contributed by atoms with E-state index in [1.807, 2.05) is 6.92 Å². The molecular formula is C28H36N2O7. The molecule has 6 atom stereocenters. The second kappa shape index (κ2) is 10.3. The Kier molecular flexibility index (Phi) is 7.48. The van der Waals surface area contributed by atoms with E-state index in [0.29, 0.717) is 30.7 Å². The number of ether oxygens (including phenoxy) is 3. The molecular weight excluding hydrogens is 476 g/mol. The molecule has 0 aliphatic carbocycles. The third-order valence-electron chi connectivity index (χ3n) is 8.15. The normalized spacial score (nSPS) is 30.5. The number of methoxy groups -OCH3 is 1. The van der Waals surface area contributed by atoms with Crippen LogP contribution in [0.4, 0.5) is 5.69 Å². The summed E-state index contributed by atoms with van der Waals surface area (Å²) in [5, 5.41) is 10.1. The average molecular weight is 513 g/mol. The molecule has 37 heavy (non-hydrogen) atoms. The van der Waals surface area contributed by atoms with Gasteiger partial charge in [-0.1, -0.05) is 25.7 Å². The van der Waals surface area contributed by atoms with Crippen molar-refractivity contribution in [3.05, 3.63) is 49.6 Å². The molecule has 2 amide bonds. The minimum Gasteiger partial charge on any atom is -0.497 e. The van der Waals surface area contributed by atoms with Crippen LogP contribution in [0.25, 0.3) is 0 Å². The van der Waals surface area contributed by atoms with Crippen LogP contribution >= 0.6 is 0 Å². The summed E-state index contributed by atoms with van der Waals surface area (Å²) in [4.78, 5) is 44.7. The largest absolute Gasteiger partial charge is 0.497 e. The van der Waals surface area contributed by atoms with E-state index in [1.165, 1.54) is 11.0 Å². The molecule has 3 heterocycles. The van der Waals surface area contributed by atoms with Gasteiger partial charge in [0.2, 0.25) is 5.91 Å². The van der Waals surface area contributed by atoms with Gasteiger partial charge in [-0.15, -0.1) is 6.58 Å². The molecule has 1 aromatic carbocycles. The molecule has 200 valence electrons. The number of anilines is 1. The molecule has 1 aromatic rings. The number of amides is 2. The fraction of sp³-hybridized carbons (Fsp3) is 0.536. The van der Waals surface area contributed by atoms with Gasteiger partial charge >= 0.3 is 5.97 Å². The van der Waals surface area contributed by atoms with Gasteiger partial charge in [-0.05, 0) is 50.5 Å². The quantitative estimate of drug-likeness (QED) is 0.359. The second-order valence-corrected chi connectivity index (χ2v) is 9.96. The minimum absolute atomic E-state index is 0.0206. The van der Waals surface area contributed by atoms with E-state index in [9.17, 15) is 19.5 Å². The van der Waals surface area contributed by atoms with Crippen molar-refractivity contribution in [2.24, 2.45) is 11.8 Å². The van der Waals surface area contributed by atoms with Crippen LogP contribution in [0, 0.1) is 11.8 Å². The van der Waals surface area contributed by atoms with Gasteiger partial charge in [0.1, 0.15) is 29.9 Å². The number of likely N-dealkylation sites (tertiary alicyclic amines) is 1. The van der Waals surface area contributed by atoms with Gasteiger partial charge in [-0.3, -0.25) is 14.4 Å². The Morgan fingerprint density at radius 2 is 1.97 bits per heavy atom. The molecule has 1 N–H and O–H groups in total. The first-order chi connectivity index (χ1) is 17.7. The van der Waals surface area contributed by atoms with Gasteiger partial charge in [-0.2, -0.15) is 0 Å². The first kappa shape index (κ1) is 26.9. The molecule has 0 aromatic heterocycles. The van der Waals surface area contributed by atoms with Crippen LogP contribution in [0.1, 0.15) is 33.1 Å². The van der Waals surface area contributed by atoms with E-state index in [-0.39, 0.29) is 31.6 Å². The molecule has 1 spiro atoms. The van der Waals surface area contributed by atoms with Gasteiger partial charge in [-0.25, -0.2) is 0 Å². The van der Waals surface area contributed by atoms with Crippen molar-refractivity contribution in [1.82, 2.24) is 4.90 Å². The summed E-state index contributed by atoms with van der Waals surface area (Å²) in [7, 11) is 1.56. The number of rotatable bonds is 11. The SMILES string of the molecule is C=CCOC(=O)[C@H]1[C@H]2C(=O)N([C@H](C)CO)C(C(=O)N(CC=C)c3ccc(OC)cc3)C23CC[C@]1(CC)O3. The summed E-state index contributed by atoms with van der Waals surface area (Å²) in [6.45, 7) is 10.9. The summed E-state index contributed by atoms with van der Waals surface area (Å²) in [5.41, 5.74) is -1.50. The average Bonchev–Trinajstić information content (AvgIpc) is 3.53. The molecule has 2 bridgehead atoms. The molecule has 2 unspecified atom stereocenters. The highest BCUT2D eigenvalue weighted by molar-refractivity contribution is 6.05. The number of carbonyl (C=O) groups excluding carboxylic acids is 3. The topological polar surface area (TPSA) is 106 Å². The second-order valence-electron chi connectivity index (χ2n) is 9.96. The molecule has 3 fully saturated rings. The summed E-state index contributed by atoms with van der Waals surface area (Å²) in [5.74, 6) is -2.34. The summed E-state index contributed by atoms with van der Waals surface area (Å²) in [6.07, 6.45) is 4.56. The number of hydrogen-bond acceptors (Lipinski definition) is 7. The molecule has 0 radical (unpaired) electrons. The number of carbonyl (C=O) groups is 3. The van der Waals surface area contributed by atoms with Crippen molar-refractivity contribution in [3.63, 3.8) is 0 Å². The predicted molar refractivity (Wildman–Crippen MR) is 137 cm³/mol. The van der Waals surface area contributed by atoms with Crippen LogP contribution in [0.3, 0.4) is 0 Å². The zero-order chi connectivity index (χ0) is 27.0. The summed E-state index contributed by atoms with van der Waals surface area (Å²) >= 11 is 0. The molecule has 9 heteroatoms. The third kappa shape index (κ3) is 4.05. The number of esters is 1. The highest BCUT2D eigenvalue weighted by Gasteiger charge is 2.79. The van der Waals surface area contributed by atoms with Crippen molar-refractivity contribution < 1.29 is 33.7 Å². The first-order valence-electron chi connectivity index (χ1n) is 12.7. The van der Waals surface area contributed by atoms with E-state index < -0.39 is 41.1 Å². The van der Waals surface area contributed by atoms with Crippen molar-refractivity contribution in [3.8, 4) is 5.75 Å². The number of aliphatic hydroxyl groups excluding tert-OH is 1. The van der Waals surface area contributed by atoms with Crippen LogP contribution in [-0.4, -0.2) is 77.9 Å². The number of benzene rings is 1. The smallest absolute Gasteiger partial charge is 0.313 e. The molecule has 3 aliphatic heterocycles. The molecule has 3 aliphatic rings. The van der Waals surface area contributed by atoms with E-state index >= 15 is 0 Å². The lowest BCUT2D eigenvalue weighted by Gasteiger charge is -2.38. The van der Waals surface area contributed by atoms with Gasteiger partial charge in [0, 0.05) is 12.2 Å². The number of aliphatic hydroxyl groups is 1. The molecule has 0 saturated carbocycles. The maximum atomic E-state index is 14.4. The van der Waals surface area contributed by atoms with Crippen LogP contribution in [0.2, 0.25) is 0 Å². The van der Waals surface area contributed by atoms with Gasteiger partial charge in [0.05, 0.1) is 31.3 Å². The zero-order valence-corrected chi connectivity index (χ0v) is 21.7. The van der Waals surface area contributed by atoms with Crippen LogP contribution < -0.4 is 9.64 Å². The Balaban J connectivity index is 1.81. The maximum absolute atomic E-state index is 14.4. The molecule has 3 saturated heterocycles. The lowest BCUT2D eigenvalue weighted by Crippen LogP contribution is -2.58. The number of hydrogen-bond donors (Lipinski definition) is 1. The van der Waals surface area contributed by atoms with Crippen LogP contribution in [-0.2, 0) is 23.9 Å². The van der Waals surface area contributed by atoms with Gasteiger partial charge in [0.25, 0.3) is 5.91 Å². The van der Waals surface area contributed by atoms with Gasteiger partial charge < -0.3 is 29.1 Å². The lowest BCUT2D eigenvalue weighted by atomic mass is 9.65. The van der Waals surface area contributed by atoms with Crippen molar-refractivity contribution in [1.29, 1.82) is 0 Å². The van der Waals surface area contributed by atoms with E-state index in [0.717, 1.165) is 0 Å². The predicted octanol–water partition coefficient (Wildman–Crippen LogP) is 2.48. The van der Waals surface area contributed by atoms with Crippen molar-refractivity contribution in [2.75, 3.05) is 31.8 Å². The number of fused-ring (bicyclic) bond motifs is 1. The lowest BCUT2D eigenvalue weighted by molar-refractivity contribution is -0.161. The summed E-state index contributed by atoms with van der Waals surface area (Å²) < 4.78 is 17.4. The fourth-order valence-corrected chi connectivity index (χ4v) is 6.45. The van der Waals surface area contributed by atoms with E-state index in [1.54, 1.807) is 49.3 Å². The third-order valence-corrected chi connectivity index (χ3v) is 8.15. The Morgan fingerprint density at radius 1 is 1.27 bits per heavy atom. The Labute approximate surface area is 217 Å². The minimum atomic E-state index is -1.21. The van der Waals surface area contributed by atoms with E-state index in [2.05, 4.69) is 13.2 Å².